The Hall–Kier alpha value is -2.03. The van der Waals surface area contributed by atoms with Crippen LogP contribution in [0, 0.1) is 0 Å². The number of ether oxygens (including phenoxy) is 2. The summed E-state index contributed by atoms with van der Waals surface area (Å²) in [4.78, 5) is 35.1. The van der Waals surface area contributed by atoms with Crippen molar-refractivity contribution >= 4 is 19.8 Å². The second-order valence-electron chi connectivity index (χ2n) is 17.4. The largest absolute Gasteiger partial charge is 0.472 e. The summed E-state index contributed by atoms with van der Waals surface area (Å²) in [6, 6.07) is 0. The Morgan fingerprint density at radius 3 is 1.30 bits per heavy atom. The summed E-state index contributed by atoms with van der Waals surface area (Å²) in [7, 11) is -4.39. The zero-order chi connectivity index (χ0) is 46.0. The van der Waals surface area contributed by atoms with Crippen LogP contribution < -0.4 is 5.73 Å². The molecule has 0 saturated heterocycles. The van der Waals surface area contributed by atoms with E-state index in [4.69, 9.17) is 24.3 Å². The van der Waals surface area contributed by atoms with Gasteiger partial charge in [-0.3, -0.25) is 18.6 Å². The lowest BCUT2D eigenvalue weighted by molar-refractivity contribution is -0.161. The molecule has 0 fully saturated rings. The molecule has 0 aromatic heterocycles. The van der Waals surface area contributed by atoms with Gasteiger partial charge in [0.05, 0.1) is 13.2 Å². The third-order valence-electron chi connectivity index (χ3n) is 11.2. The molecule has 63 heavy (non-hydrogen) atoms. The first-order valence-corrected chi connectivity index (χ1v) is 27.6. The van der Waals surface area contributed by atoms with Crippen LogP contribution in [0.1, 0.15) is 245 Å². The van der Waals surface area contributed by atoms with E-state index in [1.165, 1.54) is 128 Å². The Balaban J connectivity index is 4.02. The van der Waals surface area contributed by atoms with Gasteiger partial charge < -0.3 is 20.1 Å². The van der Waals surface area contributed by atoms with Crippen molar-refractivity contribution in [2.24, 2.45) is 5.73 Å². The average Bonchev–Trinajstić information content (AvgIpc) is 3.27. The van der Waals surface area contributed by atoms with Gasteiger partial charge in [0, 0.05) is 19.4 Å². The minimum atomic E-state index is -4.39. The van der Waals surface area contributed by atoms with E-state index in [1.54, 1.807) is 0 Å². The summed E-state index contributed by atoms with van der Waals surface area (Å²) >= 11 is 0. The molecule has 368 valence electrons. The number of nitrogens with two attached hydrogens (primary N) is 1. The summed E-state index contributed by atoms with van der Waals surface area (Å²) in [5, 5.41) is 0. The van der Waals surface area contributed by atoms with Crippen LogP contribution in [0.3, 0.4) is 0 Å². The monoisotopic (exact) mass is 908 g/mol. The number of allylic oxidation sites excluding steroid dienone is 8. The Morgan fingerprint density at radius 2 is 0.873 bits per heavy atom. The van der Waals surface area contributed by atoms with Crippen LogP contribution in [-0.4, -0.2) is 49.3 Å². The van der Waals surface area contributed by atoms with Crippen LogP contribution in [0.25, 0.3) is 0 Å². The van der Waals surface area contributed by atoms with Crippen LogP contribution in [0.15, 0.2) is 48.6 Å². The number of phosphoric acid groups is 1. The van der Waals surface area contributed by atoms with Crippen molar-refractivity contribution in [3.63, 3.8) is 0 Å². The number of rotatable bonds is 49. The second kappa shape index (κ2) is 49.4. The van der Waals surface area contributed by atoms with E-state index >= 15 is 0 Å². The van der Waals surface area contributed by atoms with Crippen molar-refractivity contribution in [2.45, 2.75) is 251 Å². The highest BCUT2D eigenvalue weighted by molar-refractivity contribution is 7.47. The molecule has 0 amide bonds. The van der Waals surface area contributed by atoms with Gasteiger partial charge in [0.15, 0.2) is 6.10 Å². The Kier molecular flexibility index (Phi) is 47.8. The van der Waals surface area contributed by atoms with Gasteiger partial charge in [-0.05, 0) is 51.4 Å². The standard InChI is InChI=1S/C53H98NO8P/c1-3-5-7-9-11-13-15-17-19-21-23-24-25-26-28-29-31-33-35-37-39-41-43-45-52(55)59-49-51(50-61-63(57,58)60-48-47-54)62-53(56)46-44-42-40-38-36-34-32-30-27-22-20-18-16-14-12-10-8-6-4-2/h6,8,12,14,18,20,27,30,51H,3-5,7,9-11,13,15-17,19,21-26,28-29,31-50,54H2,1-2H3,(H,57,58)/b8-6-,14-12-,20-18-,30-27-. The molecule has 0 saturated carbocycles. The van der Waals surface area contributed by atoms with Crippen LogP contribution in [0.4, 0.5) is 0 Å². The summed E-state index contributed by atoms with van der Waals surface area (Å²) in [6.45, 7) is 3.64. The SMILES string of the molecule is CC/C=C\C/C=C\C/C=C\C/C=C\CCCCCCCCC(=O)OC(COC(=O)CCCCCCCCCCCCCCCCCCCCCCCCC)COP(=O)(O)OCCN. The highest BCUT2D eigenvalue weighted by Crippen LogP contribution is 2.43. The molecule has 10 heteroatoms. The third-order valence-corrected chi connectivity index (χ3v) is 12.2. The molecule has 0 bridgehead atoms. The number of carbonyl (C=O) groups is 2. The van der Waals surface area contributed by atoms with E-state index in [0.717, 1.165) is 83.5 Å². The highest BCUT2D eigenvalue weighted by atomic mass is 31.2. The lowest BCUT2D eigenvalue weighted by Gasteiger charge is -2.19. The molecule has 0 aliphatic heterocycles. The number of hydrogen-bond acceptors (Lipinski definition) is 8. The number of phosphoric ester groups is 1. The van der Waals surface area contributed by atoms with E-state index in [9.17, 15) is 19.0 Å². The lowest BCUT2D eigenvalue weighted by Crippen LogP contribution is -2.29. The fourth-order valence-electron chi connectivity index (χ4n) is 7.39. The fourth-order valence-corrected chi connectivity index (χ4v) is 8.16. The first kappa shape index (κ1) is 61.0. The van der Waals surface area contributed by atoms with Crippen molar-refractivity contribution in [3.8, 4) is 0 Å². The third kappa shape index (κ3) is 49.2. The highest BCUT2D eigenvalue weighted by Gasteiger charge is 2.26. The molecule has 2 unspecified atom stereocenters. The molecule has 0 rings (SSSR count). The zero-order valence-electron chi connectivity index (χ0n) is 40.8. The van der Waals surface area contributed by atoms with Crippen LogP contribution in [0.5, 0.6) is 0 Å². The molecule has 0 heterocycles. The zero-order valence-corrected chi connectivity index (χ0v) is 41.7. The Morgan fingerprint density at radius 1 is 0.492 bits per heavy atom. The maximum Gasteiger partial charge on any atom is 0.472 e. The van der Waals surface area contributed by atoms with Gasteiger partial charge in [0.1, 0.15) is 6.61 Å². The molecule has 0 spiro atoms. The summed E-state index contributed by atoms with van der Waals surface area (Å²) < 4.78 is 32.9. The van der Waals surface area contributed by atoms with Crippen molar-refractivity contribution in [2.75, 3.05) is 26.4 Å². The Labute approximate surface area is 387 Å². The van der Waals surface area contributed by atoms with Gasteiger partial charge in [-0.25, -0.2) is 4.57 Å². The molecular weight excluding hydrogens is 810 g/mol. The van der Waals surface area contributed by atoms with Gasteiger partial charge in [-0.1, -0.05) is 229 Å². The molecule has 9 nitrogen and oxygen atoms in total. The van der Waals surface area contributed by atoms with Gasteiger partial charge in [0.2, 0.25) is 0 Å². The number of esters is 2. The molecule has 0 aliphatic carbocycles. The number of hydrogen-bond donors (Lipinski definition) is 2. The summed E-state index contributed by atoms with van der Waals surface area (Å²) in [6.07, 6.45) is 58.7. The molecule has 0 aromatic carbocycles. The predicted molar refractivity (Wildman–Crippen MR) is 266 cm³/mol. The molecule has 0 radical (unpaired) electrons. The first-order valence-electron chi connectivity index (χ1n) is 26.1. The smallest absolute Gasteiger partial charge is 0.462 e. The molecule has 2 atom stereocenters. The minimum Gasteiger partial charge on any atom is -0.462 e. The second-order valence-corrected chi connectivity index (χ2v) is 18.8. The fraction of sp³-hybridized carbons (Fsp3) is 0.811. The van der Waals surface area contributed by atoms with Crippen molar-refractivity contribution < 1.29 is 37.6 Å². The Bertz CT molecular complexity index is 1170. The van der Waals surface area contributed by atoms with Crippen molar-refractivity contribution in [3.05, 3.63) is 48.6 Å². The molecule has 3 N–H and O–H groups in total. The molecular formula is C53H98NO8P. The number of carbonyl (C=O) groups excluding carboxylic acids is 2. The number of unbranched alkanes of at least 4 members (excludes halogenated alkanes) is 28. The van der Waals surface area contributed by atoms with Gasteiger partial charge >= 0.3 is 19.8 Å². The van der Waals surface area contributed by atoms with E-state index in [2.05, 4.69) is 62.5 Å². The maximum atomic E-state index is 12.6. The molecule has 0 aliphatic rings. The van der Waals surface area contributed by atoms with E-state index in [-0.39, 0.29) is 38.6 Å². The first-order chi connectivity index (χ1) is 30.8. The topological polar surface area (TPSA) is 134 Å². The van der Waals surface area contributed by atoms with E-state index in [1.807, 2.05) is 0 Å². The maximum absolute atomic E-state index is 12.6. The normalized spacial score (nSPS) is 13.5. The lowest BCUT2D eigenvalue weighted by atomic mass is 10.0. The van der Waals surface area contributed by atoms with E-state index < -0.39 is 26.5 Å². The molecule has 0 aromatic rings. The van der Waals surface area contributed by atoms with Crippen LogP contribution in [-0.2, 0) is 32.7 Å². The minimum absolute atomic E-state index is 0.0504. The van der Waals surface area contributed by atoms with Crippen LogP contribution >= 0.6 is 7.82 Å². The summed E-state index contributed by atoms with van der Waals surface area (Å²) in [5.41, 5.74) is 5.37. The average molecular weight is 908 g/mol. The quantitative estimate of drug-likeness (QED) is 0.0265. The summed E-state index contributed by atoms with van der Waals surface area (Å²) in [5.74, 6) is -0.836. The predicted octanol–water partition coefficient (Wildman–Crippen LogP) is 15.8. The van der Waals surface area contributed by atoms with E-state index in [0.29, 0.717) is 6.42 Å². The van der Waals surface area contributed by atoms with Gasteiger partial charge in [-0.2, -0.15) is 0 Å². The van der Waals surface area contributed by atoms with Gasteiger partial charge in [0.25, 0.3) is 0 Å². The van der Waals surface area contributed by atoms with Crippen LogP contribution in [0.2, 0.25) is 0 Å². The van der Waals surface area contributed by atoms with Crippen molar-refractivity contribution in [1.82, 2.24) is 0 Å². The van der Waals surface area contributed by atoms with Gasteiger partial charge in [-0.15, -0.1) is 0 Å². The van der Waals surface area contributed by atoms with Crippen molar-refractivity contribution in [1.29, 1.82) is 0 Å².